The fourth-order valence-corrected chi connectivity index (χ4v) is 2.34. The molecule has 0 fully saturated rings. The van der Waals surface area contributed by atoms with Crippen LogP contribution in [0.1, 0.15) is 16.2 Å². The Hall–Kier alpha value is -2.73. The molecular formula is C17H13ClFN3O2. The van der Waals surface area contributed by atoms with Crippen LogP contribution in [0.3, 0.4) is 0 Å². The third kappa shape index (κ3) is 3.60. The minimum Gasteiger partial charge on any atom is -0.421 e. The molecule has 2 aromatic carbocycles. The largest absolute Gasteiger partial charge is 0.421 e. The molecule has 1 aromatic heterocycles. The minimum absolute atomic E-state index is 0.112. The molecule has 3 rings (SSSR count). The highest BCUT2D eigenvalue weighted by Gasteiger charge is 2.13. The maximum atomic E-state index is 13.7. The summed E-state index contributed by atoms with van der Waals surface area (Å²) in [4.78, 5) is 12.0. The van der Waals surface area contributed by atoms with Gasteiger partial charge in [-0.1, -0.05) is 35.9 Å². The first-order valence-electron chi connectivity index (χ1n) is 7.25. The number of carbonyl (C=O) groups is 1. The molecule has 0 aliphatic carbocycles. The average molecular weight is 346 g/mol. The quantitative estimate of drug-likeness (QED) is 0.768. The number of hydrogen-bond acceptors (Lipinski definition) is 4. The second-order valence-electron chi connectivity index (χ2n) is 4.97. The van der Waals surface area contributed by atoms with Crippen molar-refractivity contribution in [3.8, 4) is 11.5 Å². The van der Waals surface area contributed by atoms with Crippen LogP contribution >= 0.6 is 11.6 Å². The van der Waals surface area contributed by atoms with Crippen LogP contribution in [0.5, 0.6) is 0 Å². The van der Waals surface area contributed by atoms with Gasteiger partial charge in [0.15, 0.2) is 0 Å². The third-order valence-corrected chi connectivity index (χ3v) is 3.64. The number of carbonyl (C=O) groups excluding carboxylic acids is 1. The van der Waals surface area contributed by atoms with E-state index in [9.17, 15) is 9.18 Å². The Morgan fingerprint density at radius 3 is 2.67 bits per heavy atom. The van der Waals surface area contributed by atoms with Crippen LogP contribution < -0.4 is 5.32 Å². The highest BCUT2D eigenvalue weighted by molar-refractivity contribution is 6.33. The molecule has 0 aliphatic rings. The summed E-state index contributed by atoms with van der Waals surface area (Å²) in [6.45, 7) is 0.295. The third-order valence-electron chi connectivity index (χ3n) is 3.31. The van der Waals surface area contributed by atoms with Gasteiger partial charge in [0.1, 0.15) is 5.82 Å². The molecule has 0 bridgehead atoms. The summed E-state index contributed by atoms with van der Waals surface area (Å²) in [6.07, 6.45) is 0.331. The standard InChI is InChI=1S/C17H13ClFN3O2/c18-13-7-3-1-5-11(13)16(23)20-10-9-15-21-22-17(24-15)12-6-2-4-8-14(12)19/h1-8H,9-10H2,(H,20,23). The summed E-state index contributed by atoms with van der Waals surface area (Å²) < 4.78 is 19.1. The average Bonchev–Trinajstić information content (AvgIpc) is 3.04. The number of hydrogen-bond donors (Lipinski definition) is 1. The summed E-state index contributed by atoms with van der Waals surface area (Å²) in [7, 11) is 0. The van der Waals surface area contributed by atoms with E-state index in [0.29, 0.717) is 29.4 Å². The number of halogens is 2. The van der Waals surface area contributed by atoms with Crippen molar-refractivity contribution in [1.29, 1.82) is 0 Å². The number of rotatable bonds is 5. The van der Waals surface area contributed by atoms with Crippen LogP contribution in [0.4, 0.5) is 4.39 Å². The van der Waals surface area contributed by atoms with Gasteiger partial charge in [0.25, 0.3) is 11.8 Å². The second-order valence-corrected chi connectivity index (χ2v) is 5.37. The molecule has 7 heteroatoms. The molecule has 0 saturated carbocycles. The van der Waals surface area contributed by atoms with Gasteiger partial charge in [0.2, 0.25) is 5.89 Å². The van der Waals surface area contributed by atoms with Crippen LogP contribution in [0, 0.1) is 5.82 Å². The van der Waals surface area contributed by atoms with Gasteiger partial charge in [-0.15, -0.1) is 10.2 Å². The van der Waals surface area contributed by atoms with Crippen LogP contribution in [-0.2, 0) is 6.42 Å². The van der Waals surface area contributed by atoms with E-state index in [0.717, 1.165) is 0 Å². The number of nitrogens with zero attached hydrogens (tertiary/aromatic N) is 2. The molecular weight excluding hydrogens is 333 g/mol. The van der Waals surface area contributed by atoms with E-state index in [2.05, 4.69) is 15.5 Å². The molecule has 24 heavy (non-hydrogen) atoms. The van der Waals surface area contributed by atoms with Crippen LogP contribution in [0.2, 0.25) is 5.02 Å². The normalized spacial score (nSPS) is 10.6. The lowest BCUT2D eigenvalue weighted by Crippen LogP contribution is -2.26. The molecule has 0 spiro atoms. The predicted molar refractivity (Wildman–Crippen MR) is 87.2 cm³/mol. The molecule has 1 heterocycles. The SMILES string of the molecule is O=C(NCCc1nnc(-c2ccccc2F)o1)c1ccccc1Cl. The zero-order valence-electron chi connectivity index (χ0n) is 12.5. The number of benzene rings is 2. The summed E-state index contributed by atoms with van der Waals surface area (Å²) >= 11 is 5.96. The molecule has 3 aromatic rings. The summed E-state index contributed by atoms with van der Waals surface area (Å²) in [5.41, 5.74) is 0.646. The lowest BCUT2D eigenvalue weighted by Gasteiger charge is -2.04. The summed E-state index contributed by atoms with van der Waals surface area (Å²) in [5.74, 6) is -0.289. The van der Waals surface area contributed by atoms with E-state index < -0.39 is 5.82 Å². The first-order chi connectivity index (χ1) is 11.6. The van der Waals surface area contributed by atoms with E-state index in [4.69, 9.17) is 16.0 Å². The topological polar surface area (TPSA) is 68.0 Å². The van der Waals surface area contributed by atoms with Gasteiger partial charge < -0.3 is 9.73 Å². The van der Waals surface area contributed by atoms with E-state index >= 15 is 0 Å². The molecule has 0 radical (unpaired) electrons. The fourth-order valence-electron chi connectivity index (χ4n) is 2.12. The molecule has 1 N–H and O–H groups in total. The molecule has 0 saturated heterocycles. The van der Waals surface area contributed by atoms with Crippen LogP contribution in [0.15, 0.2) is 52.9 Å². The highest BCUT2D eigenvalue weighted by atomic mass is 35.5. The molecule has 122 valence electrons. The lowest BCUT2D eigenvalue weighted by atomic mass is 10.2. The Kier molecular flexibility index (Phi) is 4.86. The van der Waals surface area contributed by atoms with E-state index in [-0.39, 0.29) is 17.4 Å². The second kappa shape index (κ2) is 7.23. The van der Waals surface area contributed by atoms with Gasteiger partial charge in [-0.25, -0.2) is 4.39 Å². The van der Waals surface area contributed by atoms with Crippen molar-refractivity contribution in [3.63, 3.8) is 0 Å². The Balaban J connectivity index is 1.59. The van der Waals surface area contributed by atoms with E-state index in [1.807, 2.05) is 0 Å². The Morgan fingerprint density at radius 2 is 1.88 bits per heavy atom. The first-order valence-corrected chi connectivity index (χ1v) is 7.63. The van der Waals surface area contributed by atoms with Gasteiger partial charge in [0.05, 0.1) is 16.1 Å². The van der Waals surface area contributed by atoms with Gasteiger partial charge in [-0.2, -0.15) is 0 Å². The van der Waals surface area contributed by atoms with Gasteiger partial charge >= 0.3 is 0 Å². The molecule has 5 nitrogen and oxygen atoms in total. The van der Waals surface area contributed by atoms with Crippen molar-refractivity contribution in [1.82, 2.24) is 15.5 Å². The van der Waals surface area contributed by atoms with Crippen molar-refractivity contribution in [2.75, 3.05) is 6.54 Å². The van der Waals surface area contributed by atoms with Crippen LogP contribution in [-0.4, -0.2) is 22.6 Å². The highest BCUT2D eigenvalue weighted by Crippen LogP contribution is 2.21. The number of amides is 1. The Bertz CT molecular complexity index is 866. The minimum atomic E-state index is -0.431. The van der Waals surface area contributed by atoms with Gasteiger partial charge in [0, 0.05) is 13.0 Å². The zero-order valence-corrected chi connectivity index (χ0v) is 13.3. The van der Waals surface area contributed by atoms with Crippen LogP contribution in [0.25, 0.3) is 11.5 Å². The molecule has 0 unspecified atom stereocenters. The van der Waals surface area contributed by atoms with E-state index in [1.54, 1.807) is 42.5 Å². The first kappa shape index (κ1) is 16.1. The zero-order chi connectivity index (χ0) is 16.9. The number of aromatic nitrogens is 2. The molecule has 0 atom stereocenters. The molecule has 0 aliphatic heterocycles. The lowest BCUT2D eigenvalue weighted by molar-refractivity contribution is 0.0954. The summed E-state index contributed by atoms with van der Waals surface area (Å²) in [6, 6.07) is 12.9. The predicted octanol–water partition coefficient (Wildman–Crippen LogP) is 3.50. The molecule has 1 amide bonds. The van der Waals surface area contributed by atoms with Gasteiger partial charge in [-0.3, -0.25) is 4.79 Å². The monoisotopic (exact) mass is 345 g/mol. The maximum absolute atomic E-state index is 13.7. The number of nitrogens with one attached hydrogen (secondary N) is 1. The van der Waals surface area contributed by atoms with Crippen molar-refractivity contribution in [2.45, 2.75) is 6.42 Å². The van der Waals surface area contributed by atoms with Crippen molar-refractivity contribution < 1.29 is 13.6 Å². The van der Waals surface area contributed by atoms with Gasteiger partial charge in [-0.05, 0) is 24.3 Å². The summed E-state index contributed by atoms with van der Waals surface area (Å²) in [5, 5.41) is 10.8. The Labute approximate surface area is 142 Å². The Morgan fingerprint density at radius 1 is 1.12 bits per heavy atom. The maximum Gasteiger partial charge on any atom is 0.252 e. The fraction of sp³-hybridized carbons (Fsp3) is 0.118. The smallest absolute Gasteiger partial charge is 0.252 e. The van der Waals surface area contributed by atoms with E-state index in [1.165, 1.54) is 6.07 Å². The van der Waals surface area contributed by atoms with Crippen molar-refractivity contribution in [2.24, 2.45) is 0 Å². The van der Waals surface area contributed by atoms with Crippen molar-refractivity contribution >= 4 is 17.5 Å². The van der Waals surface area contributed by atoms with Crippen molar-refractivity contribution in [3.05, 3.63) is 70.8 Å².